The van der Waals surface area contributed by atoms with Gasteiger partial charge in [0.1, 0.15) is 12.1 Å². The Balaban J connectivity index is 2.10. The van der Waals surface area contributed by atoms with E-state index in [0.29, 0.717) is 9.80 Å². The third-order valence-electron chi connectivity index (χ3n) is 4.79. The van der Waals surface area contributed by atoms with E-state index >= 15 is 0 Å². The Labute approximate surface area is 131 Å². The number of anilines is 1. The Kier molecular flexibility index (Phi) is 2.95. The standard InChI is InChI=1S/C13H18N7O3/c1-12(2)13(3,4)20(23)7(19(12)22)5-18-6-15-8-9(18)16-11(14)17-10(8)21/h6H,5H2,1-4H3,(H3,14,16,17,21). The Hall–Kier alpha value is -2.62. The molecule has 1 aliphatic rings. The maximum absolute atomic E-state index is 12.5. The Bertz CT molecular complexity index is 877. The van der Waals surface area contributed by atoms with E-state index in [1.54, 1.807) is 27.7 Å². The van der Waals surface area contributed by atoms with Gasteiger partial charge < -0.3 is 15.5 Å². The number of nitrogens with one attached hydrogen (secondary N) is 1. The summed E-state index contributed by atoms with van der Waals surface area (Å²) in [5, 5.41) is 25.8. The Morgan fingerprint density at radius 2 is 2.04 bits per heavy atom. The molecule has 10 nitrogen and oxygen atoms in total. The number of H-pyrrole nitrogens is 1. The van der Waals surface area contributed by atoms with Crippen molar-refractivity contribution in [1.29, 1.82) is 0 Å². The molecular weight excluding hydrogens is 302 g/mol. The fourth-order valence-electron chi connectivity index (χ4n) is 2.59. The number of nitrogens with two attached hydrogens (primary N) is 1. The molecule has 123 valence electrons. The topological polar surface area (TPSA) is 139 Å². The van der Waals surface area contributed by atoms with Gasteiger partial charge in [-0.1, -0.05) is 5.06 Å². The number of hydrogen-bond acceptors (Lipinski definition) is 6. The molecule has 2 aromatic heterocycles. The molecule has 3 rings (SSSR count). The summed E-state index contributed by atoms with van der Waals surface area (Å²) < 4.78 is 2.17. The van der Waals surface area contributed by atoms with Gasteiger partial charge in [-0.2, -0.15) is 4.98 Å². The van der Waals surface area contributed by atoms with E-state index in [1.165, 1.54) is 10.9 Å². The second-order valence-corrected chi connectivity index (χ2v) is 6.62. The zero-order chi connectivity index (χ0) is 17.2. The molecule has 1 radical (unpaired) electrons. The van der Waals surface area contributed by atoms with Crippen LogP contribution in [0.1, 0.15) is 27.7 Å². The van der Waals surface area contributed by atoms with E-state index in [9.17, 15) is 15.2 Å². The van der Waals surface area contributed by atoms with Crippen LogP contribution in [0.5, 0.6) is 0 Å². The van der Waals surface area contributed by atoms with Gasteiger partial charge in [-0.25, -0.2) is 4.98 Å². The van der Waals surface area contributed by atoms with Gasteiger partial charge in [0.2, 0.25) is 5.95 Å². The molecule has 0 atom stereocenters. The van der Waals surface area contributed by atoms with Crippen LogP contribution in [0.25, 0.3) is 11.2 Å². The summed E-state index contributed by atoms with van der Waals surface area (Å²) in [7, 11) is 0. The first kappa shape index (κ1) is 15.3. The monoisotopic (exact) mass is 320 g/mol. The van der Waals surface area contributed by atoms with Crippen molar-refractivity contribution < 1.29 is 9.95 Å². The molecule has 0 spiro atoms. The van der Waals surface area contributed by atoms with Crippen molar-refractivity contribution >= 4 is 22.9 Å². The summed E-state index contributed by atoms with van der Waals surface area (Å²) in [5.74, 6) is -0.0285. The highest BCUT2D eigenvalue weighted by Crippen LogP contribution is 2.36. The summed E-state index contributed by atoms with van der Waals surface area (Å²) in [6.07, 6.45) is 1.36. The molecule has 0 fully saturated rings. The van der Waals surface area contributed by atoms with Crippen LogP contribution in [-0.4, -0.2) is 46.2 Å². The van der Waals surface area contributed by atoms with Crippen LogP contribution < -0.4 is 11.3 Å². The zero-order valence-electron chi connectivity index (χ0n) is 13.3. The molecular formula is C13H18N7O3. The molecule has 0 aliphatic carbocycles. The highest BCUT2D eigenvalue weighted by Gasteiger charge is 2.59. The van der Waals surface area contributed by atoms with E-state index in [1.807, 2.05) is 0 Å². The lowest BCUT2D eigenvalue weighted by Gasteiger charge is -2.32. The summed E-state index contributed by atoms with van der Waals surface area (Å²) in [6.45, 7) is 6.80. The predicted molar refractivity (Wildman–Crippen MR) is 81.9 cm³/mol. The SMILES string of the molecule is CC1(C)N([O])C(Cn2cnc3c(=O)[nH]c(N)nc32)=[N+]([O-])C1(C)C. The van der Waals surface area contributed by atoms with Gasteiger partial charge in [0.25, 0.3) is 5.56 Å². The van der Waals surface area contributed by atoms with Gasteiger partial charge in [-0.15, -0.1) is 0 Å². The van der Waals surface area contributed by atoms with E-state index in [0.717, 1.165) is 0 Å². The molecule has 3 N–H and O–H groups in total. The average molecular weight is 320 g/mol. The lowest BCUT2D eigenvalue weighted by Crippen LogP contribution is -2.53. The van der Waals surface area contributed by atoms with E-state index in [-0.39, 0.29) is 29.5 Å². The van der Waals surface area contributed by atoms with Gasteiger partial charge in [-0.05, 0) is 27.7 Å². The zero-order valence-corrected chi connectivity index (χ0v) is 13.3. The van der Waals surface area contributed by atoms with Crippen molar-refractivity contribution in [3.63, 3.8) is 0 Å². The Morgan fingerprint density at radius 3 is 2.61 bits per heavy atom. The highest BCUT2D eigenvalue weighted by molar-refractivity contribution is 5.81. The number of rotatable bonds is 2. The fourth-order valence-corrected chi connectivity index (χ4v) is 2.59. The number of nitrogens with zero attached hydrogens (tertiary/aromatic N) is 5. The van der Waals surface area contributed by atoms with E-state index in [2.05, 4.69) is 15.0 Å². The molecule has 0 saturated carbocycles. The normalized spacial score (nSPS) is 19.8. The lowest BCUT2D eigenvalue weighted by atomic mass is 9.84. The van der Waals surface area contributed by atoms with Gasteiger partial charge in [0.15, 0.2) is 16.7 Å². The molecule has 23 heavy (non-hydrogen) atoms. The van der Waals surface area contributed by atoms with Crippen LogP contribution in [-0.2, 0) is 11.8 Å². The largest absolute Gasteiger partial charge is 0.715 e. The van der Waals surface area contributed by atoms with Crippen LogP contribution in [0.15, 0.2) is 11.1 Å². The van der Waals surface area contributed by atoms with Crippen LogP contribution in [0.2, 0.25) is 0 Å². The number of nitrogen functional groups attached to an aromatic ring is 1. The number of amidine groups is 1. The number of fused-ring (bicyclic) bond motifs is 1. The maximum Gasteiger partial charge on any atom is 0.304 e. The molecule has 10 heteroatoms. The maximum atomic E-state index is 12.5. The summed E-state index contributed by atoms with van der Waals surface area (Å²) in [6, 6.07) is 0. The van der Waals surface area contributed by atoms with E-state index in [4.69, 9.17) is 5.73 Å². The number of aromatic amines is 1. The molecule has 0 bridgehead atoms. The predicted octanol–water partition coefficient (Wildman–Crippen LogP) is -0.171. The van der Waals surface area contributed by atoms with Crippen molar-refractivity contribution in [3.8, 4) is 0 Å². The highest BCUT2D eigenvalue weighted by atomic mass is 16.5. The van der Waals surface area contributed by atoms with Crippen LogP contribution in [0, 0.1) is 5.21 Å². The first-order valence-electron chi connectivity index (χ1n) is 7.08. The van der Waals surface area contributed by atoms with Crippen LogP contribution in [0.4, 0.5) is 5.95 Å². The fraction of sp³-hybridized carbons (Fsp3) is 0.538. The third kappa shape index (κ3) is 1.91. The summed E-state index contributed by atoms with van der Waals surface area (Å²) in [4.78, 5) is 22.1. The second-order valence-electron chi connectivity index (χ2n) is 6.62. The quantitative estimate of drug-likeness (QED) is 0.581. The smallest absolute Gasteiger partial charge is 0.304 e. The first-order chi connectivity index (χ1) is 10.6. The van der Waals surface area contributed by atoms with E-state index < -0.39 is 16.6 Å². The molecule has 3 heterocycles. The molecule has 2 aromatic rings. The minimum atomic E-state index is -0.898. The van der Waals surface area contributed by atoms with Gasteiger partial charge in [0, 0.05) is 5.21 Å². The molecule has 0 amide bonds. The van der Waals surface area contributed by atoms with Crippen molar-refractivity contribution in [2.24, 2.45) is 0 Å². The number of imidazole rings is 1. The minimum absolute atomic E-state index is 0.0277. The number of aromatic nitrogens is 4. The van der Waals surface area contributed by atoms with Crippen molar-refractivity contribution in [2.75, 3.05) is 5.73 Å². The van der Waals surface area contributed by atoms with Gasteiger partial charge >= 0.3 is 5.84 Å². The van der Waals surface area contributed by atoms with Crippen molar-refractivity contribution in [2.45, 2.75) is 45.3 Å². The first-order valence-corrected chi connectivity index (χ1v) is 7.08. The van der Waals surface area contributed by atoms with Crippen LogP contribution >= 0.6 is 0 Å². The number of hydroxylamine groups is 3. The Morgan fingerprint density at radius 1 is 1.39 bits per heavy atom. The molecule has 0 unspecified atom stereocenters. The lowest BCUT2D eigenvalue weighted by molar-refractivity contribution is -0.541. The van der Waals surface area contributed by atoms with Crippen molar-refractivity contribution in [1.82, 2.24) is 24.6 Å². The molecule has 0 saturated heterocycles. The third-order valence-corrected chi connectivity index (χ3v) is 4.79. The molecule has 1 aliphatic heterocycles. The van der Waals surface area contributed by atoms with Gasteiger partial charge in [0.05, 0.1) is 6.33 Å². The van der Waals surface area contributed by atoms with Gasteiger partial charge in [-0.3, -0.25) is 14.5 Å². The molecule has 0 aromatic carbocycles. The summed E-state index contributed by atoms with van der Waals surface area (Å²) in [5.41, 5.74) is 3.60. The van der Waals surface area contributed by atoms with Crippen molar-refractivity contribution in [3.05, 3.63) is 21.9 Å². The average Bonchev–Trinajstić information content (AvgIpc) is 2.89. The number of hydrogen-bond donors (Lipinski definition) is 2. The van der Waals surface area contributed by atoms with Crippen LogP contribution in [0.3, 0.4) is 0 Å². The summed E-state index contributed by atoms with van der Waals surface area (Å²) >= 11 is 0. The second kappa shape index (κ2) is 4.44. The minimum Gasteiger partial charge on any atom is -0.715 e.